The van der Waals surface area contributed by atoms with Crippen molar-refractivity contribution < 1.29 is 23.9 Å². The molecule has 5 rings (SSSR count). The van der Waals surface area contributed by atoms with Gasteiger partial charge in [-0.05, 0) is 66.8 Å². The Kier molecular flexibility index (Phi) is 8.05. The minimum atomic E-state index is -1.09. The molecule has 2 atom stereocenters. The molecule has 2 bridgehead atoms. The normalized spacial score (nSPS) is 19.6. The highest BCUT2D eigenvalue weighted by atomic mass is 79.9. The van der Waals surface area contributed by atoms with E-state index in [4.69, 9.17) is 11.6 Å². The predicted molar refractivity (Wildman–Crippen MR) is 154 cm³/mol. The molecule has 0 saturated carbocycles. The number of hydrogen-bond donors (Lipinski definition) is 2. The summed E-state index contributed by atoms with van der Waals surface area (Å²) in [5.41, 5.74) is 3.40. The Morgan fingerprint density at radius 1 is 1.18 bits per heavy atom. The number of halogens is 3. The number of hydrogen-bond acceptors (Lipinski definition) is 4. The zero-order valence-electron chi connectivity index (χ0n) is 21.6. The number of nitrogens with one attached hydrogen (secondary N) is 1. The van der Waals surface area contributed by atoms with Crippen molar-refractivity contribution in [2.45, 2.75) is 38.6 Å². The number of pyridine rings is 1. The minimum absolute atomic E-state index is 0.0109. The number of aromatic carboxylic acids is 1. The molecular formula is C30H26BrClFN3O4. The number of fused-ring (bicyclic) bond motifs is 4. The molecule has 2 aromatic carbocycles. The molecule has 2 aliphatic rings. The molecule has 2 aliphatic heterocycles. The van der Waals surface area contributed by atoms with Crippen molar-refractivity contribution in [2.24, 2.45) is 5.92 Å². The summed E-state index contributed by atoms with van der Waals surface area (Å²) in [7, 11) is 0. The monoisotopic (exact) mass is 625 g/mol. The molecule has 0 spiro atoms. The summed E-state index contributed by atoms with van der Waals surface area (Å²) in [5, 5.41) is 12.4. The van der Waals surface area contributed by atoms with Gasteiger partial charge >= 0.3 is 5.97 Å². The van der Waals surface area contributed by atoms with Gasteiger partial charge in [0.05, 0.1) is 22.3 Å². The fourth-order valence-electron chi connectivity index (χ4n) is 5.28. The molecule has 2 N–H and O–H groups in total. The van der Waals surface area contributed by atoms with E-state index in [9.17, 15) is 23.9 Å². The maximum absolute atomic E-state index is 14.9. The first-order valence-corrected chi connectivity index (χ1v) is 14.1. The van der Waals surface area contributed by atoms with Gasteiger partial charge in [-0.15, -0.1) is 0 Å². The number of carbonyl (C=O) groups is 3. The van der Waals surface area contributed by atoms with Crippen molar-refractivity contribution in [3.63, 3.8) is 0 Å². The summed E-state index contributed by atoms with van der Waals surface area (Å²) < 4.78 is 15.4. The number of anilines is 1. The van der Waals surface area contributed by atoms with Crippen LogP contribution >= 0.6 is 27.5 Å². The third kappa shape index (κ3) is 5.53. The number of carboxylic acid groups (broad SMARTS) is 1. The van der Waals surface area contributed by atoms with Gasteiger partial charge < -0.3 is 15.3 Å². The first kappa shape index (κ1) is 28.0. The maximum atomic E-state index is 14.9. The second-order valence-electron chi connectivity index (χ2n) is 10.0. The van der Waals surface area contributed by atoms with Crippen LogP contribution in [0.15, 0.2) is 59.2 Å². The summed E-state index contributed by atoms with van der Waals surface area (Å²) in [6, 6.07) is 11.0. The van der Waals surface area contributed by atoms with Gasteiger partial charge in [0.2, 0.25) is 11.8 Å². The van der Waals surface area contributed by atoms with Crippen LogP contribution in [-0.2, 0) is 9.59 Å². The van der Waals surface area contributed by atoms with Gasteiger partial charge in [0.25, 0.3) is 0 Å². The topological polar surface area (TPSA) is 99.6 Å². The van der Waals surface area contributed by atoms with Crippen LogP contribution in [0.1, 0.15) is 60.3 Å². The largest absolute Gasteiger partial charge is 0.478 e. The molecule has 0 saturated heterocycles. The summed E-state index contributed by atoms with van der Waals surface area (Å²) in [6.07, 6.45) is 5.35. The van der Waals surface area contributed by atoms with E-state index in [0.29, 0.717) is 59.2 Å². The van der Waals surface area contributed by atoms with Crippen LogP contribution in [0, 0.1) is 11.7 Å². The van der Waals surface area contributed by atoms with E-state index in [1.807, 2.05) is 13.0 Å². The fraction of sp³-hybridized carbons (Fsp3) is 0.267. The zero-order valence-corrected chi connectivity index (χ0v) is 23.9. The van der Waals surface area contributed by atoms with Gasteiger partial charge in [-0.2, -0.15) is 0 Å². The second-order valence-corrected chi connectivity index (χ2v) is 11.3. The Balaban J connectivity index is 1.54. The van der Waals surface area contributed by atoms with Gasteiger partial charge in [-0.3, -0.25) is 14.6 Å². The lowest BCUT2D eigenvalue weighted by molar-refractivity contribution is -0.129. The first-order valence-electron chi connectivity index (χ1n) is 12.9. The molecule has 2 amide bonds. The van der Waals surface area contributed by atoms with Crippen LogP contribution in [-0.4, -0.2) is 39.3 Å². The van der Waals surface area contributed by atoms with E-state index < -0.39 is 11.8 Å². The molecule has 40 heavy (non-hydrogen) atoms. The predicted octanol–water partition coefficient (Wildman–Crippen LogP) is 7.12. The Morgan fingerprint density at radius 3 is 2.73 bits per heavy atom. The molecule has 0 radical (unpaired) electrons. The number of carbonyl (C=O) groups excluding carboxylic acids is 2. The first-order chi connectivity index (χ1) is 19.1. The number of aromatic nitrogens is 1. The molecule has 1 aromatic heterocycles. The molecule has 10 heteroatoms. The smallest absolute Gasteiger partial charge is 0.335 e. The van der Waals surface area contributed by atoms with Gasteiger partial charge in [0, 0.05) is 46.0 Å². The fourth-order valence-corrected chi connectivity index (χ4v) is 6.00. The van der Waals surface area contributed by atoms with E-state index in [1.165, 1.54) is 24.3 Å². The lowest BCUT2D eigenvalue weighted by atomic mass is 9.92. The lowest BCUT2D eigenvalue weighted by Crippen LogP contribution is -2.38. The molecule has 206 valence electrons. The molecule has 3 aromatic rings. The molecule has 7 nitrogen and oxygen atoms in total. The van der Waals surface area contributed by atoms with Crippen molar-refractivity contribution in [3.8, 4) is 11.1 Å². The Morgan fingerprint density at radius 2 is 1.98 bits per heavy atom. The highest BCUT2D eigenvalue weighted by Gasteiger charge is 2.31. The van der Waals surface area contributed by atoms with Crippen molar-refractivity contribution >= 4 is 56.6 Å². The van der Waals surface area contributed by atoms with Gasteiger partial charge in [-0.1, -0.05) is 46.9 Å². The van der Waals surface area contributed by atoms with Crippen LogP contribution in [0.25, 0.3) is 16.7 Å². The van der Waals surface area contributed by atoms with E-state index >= 15 is 0 Å². The number of carboxylic acids is 1. The average molecular weight is 627 g/mol. The standard InChI is InChI=1S/C30H26BrClFN3O4/c1-16-3-2-4-25(36-12-10-18(15-26(36)37)27-21(31)7-8-22(32)28(27)33)24-13-17(9-11-34-24)20-6-5-19(30(39)40)14-23(20)35-29(16)38/h5-9,11,13-16,25H,2-4,10,12H2,1H3,(H,35,38)(H,39,40)/t16-,25+/m1/s1. The van der Waals surface area contributed by atoms with Crippen LogP contribution in [0.2, 0.25) is 5.02 Å². The van der Waals surface area contributed by atoms with Crippen LogP contribution in [0.4, 0.5) is 10.1 Å². The maximum Gasteiger partial charge on any atom is 0.335 e. The molecular weight excluding hydrogens is 601 g/mol. The lowest BCUT2D eigenvalue weighted by Gasteiger charge is -2.34. The molecule has 0 unspecified atom stereocenters. The Labute approximate surface area is 244 Å². The number of nitrogens with zero attached hydrogens (tertiary/aromatic N) is 2. The van der Waals surface area contributed by atoms with Crippen LogP contribution < -0.4 is 5.32 Å². The van der Waals surface area contributed by atoms with Crippen LogP contribution in [0.3, 0.4) is 0 Å². The van der Waals surface area contributed by atoms with Gasteiger partial charge in [-0.25, -0.2) is 9.18 Å². The van der Waals surface area contributed by atoms with E-state index in [0.717, 1.165) is 5.56 Å². The SMILES string of the molecule is C[C@@H]1CCC[C@H](N2CCC(c3c(Br)ccc(Cl)c3F)=CC2=O)c2cc(ccn2)-c2ccc(C(=O)O)cc2NC1=O. The third-order valence-corrected chi connectivity index (χ3v) is 8.42. The molecule has 0 aliphatic carbocycles. The van der Waals surface area contributed by atoms with Gasteiger partial charge in [0.1, 0.15) is 5.82 Å². The second kappa shape index (κ2) is 11.5. The number of rotatable bonds is 3. The number of benzene rings is 2. The van der Waals surface area contributed by atoms with E-state index in [2.05, 4.69) is 26.2 Å². The molecule has 0 fully saturated rings. The van der Waals surface area contributed by atoms with Crippen molar-refractivity contribution in [1.29, 1.82) is 0 Å². The summed E-state index contributed by atoms with van der Waals surface area (Å²) in [4.78, 5) is 44.5. The zero-order chi connectivity index (χ0) is 28.6. The van der Waals surface area contributed by atoms with Gasteiger partial charge in [0.15, 0.2) is 0 Å². The van der Waals surface area contributed by atoms with Crippen molar-refractivity contribution in [1.82, 2.24) is 9.88 Å². The highest BCUT2D eigenvalue weighted by Crippen LogP contribution is 2.38. The van der Waals surface area contributed by atoms with Crippen LogP contribution in [0.5, 0.6) is 0 Å². The Bertz CT molecular complexity index is 1560. The van der Waals surface area contributed by atoms with E-state index in [1.54, 1.807) is 29.3 Å². The van der Waals surface area contributed by atoms with Crippen molar-refractivity contribution in [2.75, 3.05) is 11.9 Å². The van der Waals surface area contributed by atoms with Crippen molar-refractivity contribution in [3.05, 3.63) is 86.9 Å². The quantitative estimate of drug-likeness (QED) is 0.302. The highest BCUT2D eigenvalue weighted by molar-refractivity contribution is 9.10. The van der Waals surface area contributed by atoms with E-state index in [-0.39, 0.29) is 39.9 Å². The molecule has 3 heterocycles. The third-order valence-electron chi connectivity index (χ3n) is 7.46. The number of amides is 2. The summed E-state index contributed by atoms with van der Waals surface area (Å²) in [5.74, 6) is -2.45. The summed E-state index contributed by atoms with van der Waals surface area (Å²) >= 11 is 9.40. The minimum Gasteiger partial charge on any atom is -0.478 e. The average Bonchev–Trinajstić information content (AvgIpc) is 2.93. The summed E-state index contributed by atoms with van der Waals surface area (Å²) in [6.45, 7) is 2.18. The Hall–Kier alpha value is -3.56.